The van der Waals surface area contributed by atoms with E-state index >= 15 is 0 Å². The van der Waals surface area contributed by atoms with Crippen LogP contribution in [0.1, 0.15) is 66.4 Å². The van der Waals surface area contributed by atoms with E-state index in [1.807, 2.05) is 13.0 Å². The topological polar surface area (TPSA) is 17.1 Å². The summed E-state index contributed by atoms with van der Waals surface area (Å²) in [6, 6.07) is 6.33. The summed E-state index contributed by atoms with van der Waals surface area (Å²) >= 11 is 0. The van der Waals surface area contributed by atoms with Crippen LogP contribution in [0.5, 0.6) is 0 Å². The molecule has 92 valence electrons. The maximum atomic E-state index is 10.8. The molecule has 2 rings (SSSR count). The minimum Gasteiger partial charge on any atom is -0.298 e. The Morgan fingerprint density at radius 2 is 1.94 bits per heavy atom. The monoisotopic (exact) mass is 230 g/mol. The predicted molar refractivity (Wildman–Crippen MR) is 71.6 cm³/mol. The van der Waals surface area contributed by atoms with Gasteiger partial charge in [-0.25, -0.2) is 0 Å². The summed E-state index contributed by atoms with van der Waals surface area (Å²) in [6.07, 6.45) is 7.66. The third kappa shape index (κ3) is 2.77. The van der Waals surface area contributed by atoms with Gasteiger partial charge in [0, 0.05) is 5.56 Å². The van der Waals surface area contributed by atoms with Gasteiger partial charge in [0.1, 0.15) is 6.29 Å². The molecule has 1 aliphatic carbocycles. The second-order valence-electron chi connectivity index (χ2n) is 5.36. The Labute approximate surface area is 104 Å². The maximum absolute atomic E-state index is 10.8. The van der Waals surface area contributed by atoms with E-state index < -0.39 is 0 Å². The van der Waals surface area contributed by atoms with Crippen LogP contribution in [0.4, 0.5) is 0 Å². The van der Waals surface area contributed by atoms with Crippen molar-refractivity contribution in [3.63, 3.8) is 0 Å². The summed E-state index contributed by atoms with van der Waals surface area (Å²) in [7, 11) is 0. The molecule has 1 heteroatoms. The number of hydrogen-bond donors (Lipinski definition) is 0. The highest BCUT2D eigenvalue weighted by molar-refractivity contribution is 5.77. The Morgan fingerprint density at radius 1 is 1.24 bits per heavy atom. The summed E-state index contributed by atoms with van der Waals surface area (Å²) in [5.74, 6) is 1.67. The van der Waals surface area contributed by atoms with Crippen molar-refractivity contribution in [1.82, 2.24) is 0 Å². The highest BCUT2D eigenvalue weighted by Crippen LogP contribution is 2.37. The lowest BCUT2D eigenvalue weighted by molar-refractivity contribution is 0.112. The van der Waals surface area contributed by atoms with Gasteiger partial charge in [-0.1, -0.05) is 31.5 Å². The van der Waals surface area contributed by atoms with E-state index in [0.717, 1.165) is 29.2 Å². The smallest absolute Gasteiger partial charge is 0.150 e. The normalized spacial score (nSPS) is 24.6. The summed E-state index contributed by atoms with van der Waals surface area (Å²) in [5, 5.41) is 0. The Hall–Kier alpha value is -1.11. The van der Waals surface area contributed by atoms with Crippen molar-refractivity contribution in [2.24, 2.45) is 5.92 Å². The van der Waals surface area contributed by atoms with Crippen LogP contribution in [0.3, 0.4) is 0 Å². The first-order valence-electron chi connectivity index (χ1n) is 6.80. The van der Waals surface area contributed by atoms with Crippen molar-refractivity contribution >= 4 is 6.29 Å². The molecule has 0 N–H and O–H groups in total. The lowest BCUT2D eigenvalue weighted by Gasteiger charge is -2.28. The highest BCUT2D eigenvalue weighted by atomic mass is 16.1. The third-order valence-corrected chi connectivity index (χ3v) is 4.32. The molecule has 1 fully saturated rings. The molecule has 1 aliphatic rings. The largest absolute Gasteiger partial charge is 0.298 e. The molecule has 0 unspecified atom stereocenters. The Bertz CT molecular complexity index is 387. The first-order chi connectivity index (χ1) is 8.24. The van der Waals surface area contributed by atoms with Crippen molar-refractivity contribution in [3.8, 4) is 0 Å². The van der Waals surface area contributed by atoms with Gasteiger partial charge in [-0.15, -0.1) is 0 Å². The minimum absolute atomic E-state index is 0.720. The van der Waals surface area contributed by atoms with Crippen LogP contribution < -0.4 is 0 Å². The van der Waals surface area contributed by atoms with E-state index in [4.69, 9.17) is 0 Å². The van der Waals surface area contributed by atoms with E-state index in [1.54, 1.807) is 0 Å². The van der Waals surface area contributed by atoms with Gasteiger partial charge in [0.05, 0.1) is 0 Å². The summed E-state index contributed by atoms with van der Waals surface area (Å²) < 4.78 is 0. The van der Waals surface area contributed by atoms with E-state index in [0.29, 0.717) is 0 Å². The van der Waals surface area contributed by atoms with Crippen molar-refractivity contribution < 1.29 is 4.79 Å². The number of carbonyl (C=O) groups is 1. The lowest BCUT2D eigenvalue weighted by atomic mass is 9.77. The molecule has 0 amide bonds. The molecule has 0 bridgehead atoms. The molecular formula is C16H22O. The fourth-order valence-corrected chi connectivity index (χ4v) is 2.99. The predicted octanol–water partition coefficient (Wildman–Crippen LogP) is 4.49. The Balaban J connectivity index is 2.08. The third-order valence-electron chi connectivity index (χ3n) is 4.32. The molecule has 1 aromatic rings. The molecule has 0 aromatic heterocycles. The Morgan fingerprint density at radius 3 is 2.47 bits per heavy atom. The van der Waals surface area contributed by atoms with Crippen LogP contribution in [0.15, 0.2) is 18.2 Å². The fourth-order valence-electron chi connectivity index (χ4n) is 2.99. The van der Waals surface area contributed by atoms with Gasteiger partial charge in [-0.3, -0.25) is 4.79 Å². The molecule has 0 radical (unpaired) electrons. The standard InChI is InChI=1S/C16H22O/c1-3-13-4-6-14(7-5-13)15-8-9-16(11-17)12(2)10-15/h8-11,13-14H,3-7H2,1-2H3. The number of aryl methyl sites for hydroxylation is 1. The Kier molecular flexibility index (Phi) is 3.98. The van der Waals surface area contributed by atoms with E-state index in [-0.39, 0.29) is 0 Å². The average molecular weight is 230 g/mol. The van der Waals surface area contributed by atoms with Gasteiger partial charge in [0.2, 0.25) is 0 Å². The molecule has 1 nitrogen and oxygen atoms in total. The van der Waals surface area contributed by atoms with Gasteiger partial charge in [0.25, 0.3) is 0 Å². The maximum Gasteiger partial charge on any atom is 0.150 e. The molecule has 0 saturated heterocycles. The number of hydrogen-bond acceptors (Lipinski definition) is 1. The first kappa shape index (κ1) is 12.3. The number of aldehydes is 1. The van der Waals surface area contributed by atoms with E-state index in [1.165, 1.54) is 37.7 Å². The summed E-state index contributed by atoms with van der Waals surface area (Å²) in [4.78, 5) is 10.8. The van der Waals surface area contributed by atoms with Crippen molar-refractivity contribution in [1.29, 1.82) is 0 Å². The van der Waals surface area contributed by atoms with Gasteiger partial charge in [-0.05, 0) is 55.6 Å². The van der Waals surface area contributed by atoms with Crippen molar-refractivity contribution in [2.45, 2.75) is 51.9 Å². The van der Waals surface area contributed by atoms with Crippen LogP contribution in [0.25, 0.3) is 0 Å². The van der Waals surface area contributed by atoms with Gasteiger partial charge < -0.3 is 0 Å². The second kappa shape index (κ2) is 5.48. The lowest BCUT2D eigenvalue weighted by Crippen LogP contribution is -2.12. The molecular weight excluding hydrogens is 208 g/mol. The quantitative estimate of drug-likeness (QED) is 0.699. The van der Waals surface area contributed by atoms with Crippen molar-refractivity contribution in [2.75, 3.05) is 0 Å². The van der Waals surface area contributed by atoms with Crippen LogP contribution in [-0.2, 0) is 0 Å². The van der Waals surface area contributed by atoms with E-state index in [9.17, 15) is 4.79 Å². The molecule has 0 atom stereocenters. The fraction of sp³-hybridized carbons (Fsp3) is 0.562. The zero-order valence-electron chi connectivity index (χ0n) is 10.9. The van der Waals surface area contributed by atoms with Crippen LogP contribution in [0, 0.1) is 12.8 Å². The molecule has 0 spiro atoms. The highest BCUT2D eigenvalue weighted by Gasteiger charge is 2.21. The number of carbonyl (C=O) groups excluding carboxylic acids is 1. The van der Waals surface area contributed by atoms with Gasteiger partial charge in [0.15, 0.2) is 0 Å². The van der Waals surface area contributed by atoms with Gasteiger partial charge >= 0.3 is 0 Å². The van der Waals surface area contributed by atoms with Crippen molar-refractivity contribution in [3.05, 3.63) is 34.9 Å². The summed E-state index contributed by atoms with van der Waals surface area (Å²) in [5.41, 5.74) is 3.38. The van der Waals surface area contributed by atoms with Crippen LogP contribution in [-0.4, -0.2) is 6.29 Å². The SMILES string of the molecule is CCC1CCC(c2ccc(C=O)c(C)c2)CC1. The first-order valence-corrected chi connectivity index (χ1v) is 6.80. The second-order valence-corrected chi connectivity index (χ2v) is 5.36. The van der Waals surface area contributed by atoms with Gasteiger partial charge in [-0.2, -0.15) is 0 Å². The zero-order valence-corrected chi connectivity index (χ0v) is 10.9. The molecule has 0 heterocycles. The molecule has 17 heavy (non-hydrogen) atoms. The number of benzene rings is 1. The average Bonchev–Trinajstić information content (AvgIpc) is 2.39. The van der Waals surface area contributed by atoms with Crippen LogP contribution in [0.2, 0.25) is 0 Å². The minimum atomic E-state index is 0.720. The zero-order chi connectivity index (χ0) is 12.3. The number of rotatable bonds is 3. The molecule has 0 aliphatic heterocycles. The summed E-state index contributed by atoms with van der Waals surface area (Å²) in [6.45, 7) is 4.33. The van der Waals surface area contributed by atoms with E-state index in [2.05, 4.69) is 19.1 Å². The molecule has 1 saturated carbocycles. The van der Waals surface area contributed by atoms with Crippen LogP contribution >= 0.6 is 0 Å². The molecule has 1 aromatic carbocycles.